The number of nitrogens with zero attached hydrogens (tertiary/aromatic N) is 2. The van der Waals surface area contributed by atoms with E-state index in [1.165, 1.54) is 24.4 Å². The summed E-state index contributed by atoms with van der Waals surface area (Å²) >= 11 is 0. The zero-order valence-electron chi connectivity index (χ0n) is 12.8. The minimum absolute atomic E-state index is 0.0472. The van der Waals surface area contributed by atoms with Crippen LogP contribution in [0.4, 0.5) is 10.1 Å². The molecule has 0 radical (unpaired) electrons. The van der Waals surface area contributed by atoms with Crippen LogP contribution in [-0.4, -0.2) is 9.91 Å². The number of nitro groups is 1. The van der Waals surface area contributed by atoms with E-state index in [1.54, 1.807) is 31.2 Å². The van der Waals surface area contributed by atoms with Crippen LogP contribution in [-0.2, 0) is 0 Å². The topological polar surface area (TPSA) is 65.3 Å². The summed E-state index contributed by atoms with van der Waals surface area (Å²) < 4.78 is 18.6. The summed E-state index contributed by atoms with van der Waals surface area (Å²) in [5, 5.41) is 10.8. The Morgan fingerprint density at radius 1 is 1.04 bits per heavy atom. The molecule has 6 heteroatoms. The van der Waals surface area contributed by atoms with E-state index in [1.807, 2.05) is 12.1 Å². The van der Waals surface area contributed by atoms with E-state index in [2.05, 4.69) is 4.98 Å². The van der Waals surface area contributed by atoms with Crippen molar-refractivity contribution >= 4 is 5.69 Å². The van der Waals surface area contributed by atoms with E-state index in [0.29, 0.717) is 11.3 Å². The lowest BCUT2D eigenvalue weighted by atomic mass is 10.1. The van der Waals surface area contributed by atoms with Gasteiger partial charge in [-0.05, 0) is 42.3 Å². The van der Waals surface area contributed by atoms with Crippen molar-refractivity contribution in [3.63, 3.8) is 0 Å². The number of aromatic nitrogens is 1. The van der Waals surface area contributed by atoms with Crippen LogP contribution in [0, 0.1) is 22.9 Å². The third-order valence-electron chi connectivity index (χ3n) is 3.51. The third kappa shape index (κ3) is 3.38. The standard InChI is InChI=1S/C18H13FN2O3/c1-12-10-18(20-11-17(12)21(22)23)24-16-8-4-14(5-9-16)13-2-6-15(19)7-3-13/h2-11H,1H3. The molecule has 0 saturated carbocycles. The fraction of sp³-hybridized carbons (Fsp3) is 0.0556. The Labute approximate surface area is 137 Å². The van der Waals surface area contributed by atoms with E-state index in [4.69, 9.17) is 4.74 Å². The maximum atomic E-state index is 13.0. The van der Waals surface area contributed by atoms with Crippen molar-refractivity contribution in [2.75, 3.05) is 0 Å². The maximum Gasteiger partial charge on any atom is 0.290 e. The van der Waals surface area contributed by atoms with Crippen molar-refractivity contribution in [3.05, 3.63) is 82.3 Å². The van der Waals surface area contributed by atoms with Crippen molar-refractivity contribution in [1.82, 2.24) is 4.98 Å². The van der Waals surface area contributed by atoms with Gasteiger partial charge in [0, 0.05) is 11.6 Å². The summed E-state index contributed by atoms with van der Waals surface area (Å²) in [5.74, 6) is 0.563. The Balaban J connectivity index is 1.78. The highest BCUT2D eigenvalue weighted by Gasteiger charge is 2.12. The molecule has 0 amide bonds. The van der Waals surface area contributed by atoms with Crippen molar-refractivity contribution in [1.29, 1.82) is 0 Å². The largest absolute Gasteiger partial charge is 0.439 e. The van der Waals surface area contributed by atoms with Gasteiger partial charge in [0.1, 0.15) is 17.8 Å². The zero-order valence-corrected chi connectivity index (χ0v) is 12.8. The summed E-state index contributed by atoms with van der Waals surface area (Å²) in [6.07, 6.45) is 1.18. The second-order valence-electron chi connectivity index (χ2n) is 5.20. The van der Waals surface area contributed by atoms with Gasteiger partial charge in [-0.2, -0.15) is 0 Å². The van der Waals surface area contributed by atoms with E-state index >= 15 is 0 Å². The van der Waals surface area contributed by atoms with Crippen LogP contribution >= 0.6 is 0 Å². The Hall–Kier alpha value is -3.28. The first-order valence-electron chi connectivity index (χ1n) is 7.18. The van der Waals surface area contributed by atoms with Crippen molar-refractivity contribution < 1.29 is 14.1 Å². The number of halogens is 1. The van der Waals surface area contributed by atoms with Crippen LogP contribution in [0.3, 0.4) is 0 Å². The van der Waals surface area contributed by atoms with Crippen LogP contribution in [0.25, 0.3) is 11.1 Å². The number of aryl methyl sites for hydroxylation is 1. The summed E-state index contributed by atoms with van der Waals surface area (Å²) in [4.78, 5) is 14.2. The lowest BCUT2D eigenvalue weighted by Crippen LogP contribution is -1.95. The van der Waals surface area contributed by atoms with Gasteiger partial charge in [-0.3, -0.25) is 10.1 Å². The predicted octanol–water partition coefficient (Wildman–Crippen LogP) is 4.90. The summed E-state index contributed by atoms with van der Waals surface area (Å²) in [6.45, 7) is 1.63. The average Bonchev–Trinajstić information content (AvgIpc) is 2.56. The first kappa shape index (κ1) is 15.6. The molecule has 3 rings (SSSR count). The molecule has 3 aromatic rings. The second kappa shape index (κ2) is 6.45. The summed E-state index contributed by atoms with van der Waals surface area (Å²) in [6, 6.07) is 15.0. The molecule has 5 nitrogen and oxygen atoms in total. The van der Waals surface area contributed by atoms with Crippen molar-refractivity contribution in [2.45, 2.75) is 6.92 Å². The van der Waals surface area contributed by atoms with Gasteiger partial charge in [-0.1, -0.05) is 24.3 Å². The molecule has 0 aliphatic carbocycles. The molecule has 0 unspecified atom stereocenters. The quantitative estimate of drug-likeness (QED) is 0.506. The Kier molecular flexibility index (Phi) is 4.20. The summed E-state index contributed by atoms with van der Waals surface area (Å²) in [5.41, 5.74) is 2.25. The lowest BCUT2D eigenvalue weighted by molar-refractivity contribution is -0.385. The second-order valence-corrected chi connectivity index (χ2v) is 5.20. The highest BCUT2D eigenvalue weighted by molar-refractivity contribution is 5.64. The molecular formula is C18H13FN2O3. The first-order chi connectivity index (χ1) is 11.5. The number of ether oxygens (including phenoxy) is 1. The smallest absolute Gasteiger partial charge is 0.290 e. The molecule has 0 N–H and O–H groups in total. The van der Waals surface area contributed by atoms with Gasteiger partial charge >= 0.3 is 0 Å². The van der Waals surface area contributed by atoms with Crippen LogP contribution in [0.2, 0.25) is 0 Å². The van der Waals surface area contributed by atoms with Gasteiger partial charge < -0.3 is 4.74 Å². The van der Waals surface area contributed by atoms with E-state index in [9.17, 15) is 14.5 Å². The molecule has 0 bridgehead atoms. The van der Waals surface area contributed by atoms with Gasteiger partial charge in [-0.15, -0.1) is 0 Å². The van der Waals surface area contributed by atoms with Crippen LogP contribution in [0.5, 0.6) is 11.6 Å². The zero-order chi connectivity index (χ0) is 17.1. The Morgan fingerprint density at radius 2 is 1.62 bits per heavy atom. The van der Waals surface area contributed by atoms with Crippen LogP contribution in [0.1, 0.15) is 5.56 Å². The molecule has 0 aliphatic heterocycles. The van der Waals surface area contributed by atoms with Gasteiger partial charge in [0.25, 0.3) is 5.69 Å². The Morgan fingerprint density at radius 3 is 2.17 bits per heavy atom. The van der Waals surface area contributed by atoms with E-state index in [-0.39, 0.29) is 17.4 Å². The fourth-order valence-corrected chi connectivity index (χ4v) is 2.25. The van der Waals surface area contributed by atoms with Crippen molar-refractivity contribution in [2.24, 2.45) is 0 Å². The average molecular weight is 324 g/mol. The van der Waals surface area contributed by atoms with Gasteiger partial charge in [-0.25, -0.2) is 9.37 Å². The van der Waals surface area contributed by atoms with E-state index in [0.717, 1.165) is 11.1 Å². The number of hydrogen-bond donors (Lipinski definition) is 0. The monoisotopic (exact) mass is 324 g/mol. The van der Waals surface area contributed by atoms with E-state index < -0.39 is 4.92 Å². The highest BCUT2D eigenvalue weighted by Crippen LogP contribution is 2.27. The van der Waals surface area contributed by atoms with Gasteiger partial charge in [0.05, 0.1) is 4.92 Å². The molecule has 0 atom stereocenters. The van der Waals surface area contributed by atoms with Crippen LogP contribution in [0.15, 0.2) is 60.8 Å². The SMILES string of the molecule is Cc1cc(Oc2ccc(-c3ccc(F)cc3)cc2)ncc1[N+](=O)[O-]. The molecule has 0 spiro atoms. The molecule has 24 heavy (non-hydrogen) atoms. The molecular weight excluding hydrogens is 311 g/mol. The normalized spacial score (nSPS) is 10.4. The molecule has 0 saturated heterocycles. The lowest BCUT2D eigenvalue weighted by Gasteiger charge is -2.07. The molecule has 0 fully saturated rings. The predicted molar refractivity (Wildman–Crippen MR) is 87.5 cm³/mol. The molecule has 0 aliphatic rings. The minimum atomic E-state index is -0.483. The van der Waals surface area contributed by atoms with Crippen molar-refractivity contribution in [3.8, 4) is 22.8 Å². The van der Waals surface area contributed by atoms with Gasteiger partial charge in [0.15, 0.2) is 0 Å². The fourth-order valence-electron chi connectivity index (χ4n) is 2.25. The number of pyridine rings is 1. The van der Waals surface area contributed by atoms with Crippen LogP contribution < -0.4 is 4.74 Å². The summed E-state index contributed by atoms with van der Waals surface area (Å²) in [7, 11) is 0. The first-order valence-corrected chi connectivity index (χ1v) is 7.18. The maximum absolute atomic E-state index is 13.0. The van der Waals surface area contributed by atoms with Gasteiger partial charge in [0.2, 0.25) is 5.88 Å². The number of hydrogen-bond acceptors (Lipinski definition) is 4. The number of benzene rings is 2. The molecule has 2 aromatic carbocycles. The highest BCUT2D eigenvalue weighted by atomic mass is 19.1. The number of rotatable bonds is 4. The molecule has 1 aromatic heterocycles. The molecule has 120 valence electrons. The minimum Gasteiger partial charge on any atom is -0.439 e. The third-order valence-corrected chi connectivity index (χ3v) is 3.51. The Bertz CT molecular complexity index is 878. The molecule has 1 heterocycles.